The van der Waals surface area contributed by atoms with Crippen molar-refractivity contribution in [2.24, 2.45) is 11.8 Å². The predicted molar refractivity (Wildman–Crippen MR) is 77.4 cm³/mol. The van der Waals surface area contributed by atoms with Gasteiger partial charge in [-0.05, 0) is 43.5 Å². The van der Waals surface area contributed by atoms with Crippen molar-refractivity contribution in [3.8, 4) is 0 Å². The summed E-state index contributed by atoms with van der Waals surface area (Å²) in [5, 5.41) is 3.45. The molecule has 1 saturated carbocycles. The van der Waals surface area contributed by atoms with Crippen LogP contribution in [0, 0.1) is 11.8 Å². The smallest absolute Gasteiger partial charge is 0.0351 e. The Balaban J connectivity index is 1.65. The van der Waals surface area contributed by atoms with Crippen LogP contribution in [0.1, 0.15) is 13.3 Å². The van der Waals surface area contributed by atoms with Gasteiger partial charge in [0, 0.05) is 29.8 Å². The van der Waals surface area contributed by atoms with Gasteiger partial charge in [0.2, 0.25) is 0 Å². The molecular weight excluding hydrogens is 276 g/mol. The molecule has 1 fully saturated rings. The van der Waals surface area contributed by atoms with E-state index < -0.39 is 0 Å². The predicted octanol–water partition coefficient (Wildman–Crippen LogP) is 3.45. The summed E-state index contributed by atoms with van der Waals surface area (Å²) < 4.78 is 1.13. The van der Waals surface area contributed by atoms with Crippen molar-refractivity contribution in [2.75, 3.05) is 32.0 Å². The standard InChI is InChI=1S/C14H21BrN2/c1-11-8-12(11)10-17(2)7-6-16-14-5-3-4-13(15)9-14/h3-5,9,11-12,16H,6-8,10H2,1-2H3. The average Bonchev–Trinajstić information content (AvgIpc) is 2.94. The molecule has 1 N–H and O–H groups in total. The van der Waals surface area contributed by atoms with Gasteiger partial charge in [-0.15, -0.1) is 0 Å². The first-order valence-electron chi connectivity index (χ1n) is 6.33. The van der Waals surface area contributed by atoms with Crippen LogP contribution in [0.25, 0.3) is 0 Å². The van der Waals surface area contributed by atoms with E-state index in [1.54, 1.807) is 0 Å². The average molecular weight is 297 g/mol. The van der Waals surface area contributed by atoms with Gasteiger partial charge < -0.3 is 10.2 Å². The fourth-order valence-corrected chi connectivity index (χ4v) is 2.53. The molecule has 2 rings (SSSR count). The molecule has 94 valence electrons. The quantitative estimate of drug-likeness (QED) is 0.865. The lowest BCUT2D eigenvalue weighted by molar-refractivity contribution is 0.326. The van der Waals surface area contributed by atoms with E-state index in [9.17, 15) is 0 Å². The number of hydrogen-bond donors (Lipinski definition) is 1. The van der Waals surface area contributed by atoms with Crippen LogP contribution in [0.5, 0.6) is 0 Å². The molecule has 0 saturated heterocycles. The van der Waals surface area contributed by atoms with Crippen LogP contribution < -0.4 is 5.32 Å². The molecule has 0 bridgehead atoms. The Hall–Kier alpha value is -0.540. The molecule has 2 unspecified atom stereocenters. The molecule has 0 heterocycles. The third-order valence-electron chi connectivity index (χ3n) is 3.47. The lowest BCUT2D eigenvalue weighted by Crippen LogP contribution is -2.27. The molecule has 1 aromatic carbocycles. The molecule has 0 spiro atoms. The summed E-state index contributed by atoms with van der Waals surface area (Å²) >= 11 is 3.48. The first-order chi connectivity index (χ1) is 8.15. The zero-order valence-electron chi connectivity index (χ0n) is 10.6. The lowest BCUT2D eigenvalue weighted by Gasteiger charge is -2.17. The van der Waals surface area contributed by atoms with Gasteiger partial charge in [-0.1, -0.05) is 28.9 Å². The number of halogens is 1. The van der Waals surface area contributed by atoms with Crippen molar-refractivity contribution in [3.63, 3.8) is 0 Å². The Kier molecular flexibility index (Phi) is 4.46. The topological polar surface area (TPSA) is 15.3 Å². The monoisotopic (exact) mass is 296 g/mol. The van der Waals surface area contributed by atoms with Gasteiger partial charge in [-0.3, -0.25) is 0 Å². The van der Waals surface area contributed by atoms with Gasteiger partial charge >= 0.3 is 0 Å². The van der Waals surface area contributed by atoms with E-state index in [0.717, 1.165) is 29.4 Å². The van der Waals surface area contributed by atoms with Gasteiger partial charge in [-0.25, -0.2) is 0 Å². The van der Waals surface area contributed by atoms with E-state index in [0.29, 0.717) is 0 Å². The molecule has 0 radical (unpaired) electrons. The molecule has 0 aromatic heterocycles. The Labute approximate surface area is 113 Å². The highest BCUT2D eigenvalue weighted by atomic mass is 79.9. The van der Waals surface area contributed by atoms with E-state index in [4.69, 9.17) is 0 Å². The molecule has 1 aliphatic rings. The highest BCUT2D eigenvalue weighted by molar-refractivity contribution is 9.10. The minimum absolute atomic E-state index is 0.950. The number of benzene rings is 1. The molecule has 2 nitrogen and oxygen atoms in total. The maximum atomic E-state index is 3.48. The van der Waals surface area contributed by atoms with E-state index >= 15 is 0 Å². The summed E-state index contributed by atoms with van der Waals surface area (Å²) in [5.41, 5.74) is 1.19. The second-order valence-corrected chi connectivity index (χ2v) is 6.09. The number of nitrogens with one attached hydrogen (secondary N) is 1. The molecule has 2 atom stereocenters. The fourth-order valence-electron chi connectivity index (χ4n) is 2.13. The van der Waals surface area contributed by atoms with Crippen molar-refractivity contribution in [1.29, 1.82) is 0 Å². The summed E-state index contributed by atoms with van der Waals surface area (Å²) in [6, 6.07) is 8.32. The van der Waals surface area contributed by atoms with E-state index in [-0.39, 0.29) is 0 Å². The van der Waals surface area contributed by atoms with E-state index in [2.05, 4.69) is 58.3 Å². The van der Waals surface area contributed by atoms with Crippen molar-refractivity contribution in [3.05, 3.63) is 28.7 Å². The van der Waals surface area contributed by atoms with Gasteiger partial charge in [-0.2, -0.15) is 0 Å². The molecule has 0 amide bonds. The van der Waals surface area contributed by atoms with Crippen molar-refractivity contribution >= 4 is 21.6 Å². The molecule has 3 heteroatoms. The van der Waals surface area contributed by atoms with Crippen LogP contribution >= 0.6 is 15.9 Å². The molecule has 0 aliphatic heterocycles. The highest BCUT2D eigenvalue weighted by Crippen LogP contribution is 2.37. The molecule has 17 heavy (non-hydrogen) atoms. The third kappa shape index (κ3) is 4.32. The van der Waals surface area contributed by atoms with E-state index in [1.807, 2.05) is 6.07 Å². The Bertz CT molecular complexity index is 367. The van der Waals surface area contributed by atoms with Gasteiger partial charge in [0.05, 0.1) is 0 Å². The summed E-state index contributed by atoms with van der Waals surface area (Å²) in [5.74, 6) is 1.90. The number of rotatable bonds is 6. The fraction of sp³-hybridized carbons (Fsp3) is 0.571. The van der Waals surface area contributed by atoms with Crippen LogP contribution in [0.2, 0.25) is 0 Å². The second-order valence-electron chi connectivity index (χ2n) is 5.17. The normalized spacial score (nSPS) is 22.8. The van der Waals surface area contributed by atoms with Crippen LogP contribution in [0.4, 0.5) is 5.69 Å². The van der Waals surface area contributed by atoms with Crippen molar-refractivity contribution < 1.29 is 0 Å². The molecule has 1 aliphatic carbocycles. The van der Waals surface area contributed by atoms with E-state index in [1.165, 1.54) is 18.7 Å². The van der Waals surface area contributed by atoms with Gasteiger partial charge in [0.25, 0.3) is 0 Å². The summed E-state index contributed by atoms with van der Waals surface area (Å²) in [6.07, 6.45) is 1.42. The molecule has 1 aromatic rings. The number of likely N-dealkylation sites (N-methyl/N-ethyl adjacent to an activating group) is 1. The highest BCUT2D eigenvalue weighted by Gasteiger charge is 2.32. The lowest BCUT2D eigenvalue weighted by atomic mass is 10.3. The number of anilines is 1. The number of nitrogens with zero attached hydrogens (tertiary/aromatic N) is 1. The summed E-state index contributed by atoms with van der Waals surface area (Å²) in [7, 11) is 2.22. The minimum Gasteiger partial charge on any atom is -0.384 e. The maximum absolute atomic E-state index is 3.48. The molecular formula is C14H21BrN2. The first-order valence-corrected chi connectivity index (χ1v) is 7.12. The zero-order valence-corrected chi connectivity index (χ0v) is 12.2. The Morgan fingerprint density at radius 3 is 2.88 bits per heavy atom. The Morgan fingerprint density at radius 2 is 2.24 bits per heavy atom. The van der Waals surface area contributed by atoms with Crippen molar-refractivity contribution in [1.82, 2.24) is 4.90 Å². The summed E-state index contributed by atoms with van der Waals surface area (Å²) in [6.45, 7) is 5.71. The first kappa shape index (κ1) is 12.9. The van der Waals surface area contributed by atoms with Crippen molar-refractivity contribution in [2.45, 2.75) is 13.3 Å². The Morgan fingerprint density at radius 1 is 1.47 bits per heavy atom. The van der Waals surface area contributed by atoms with Crippen LogP contribution in [-0.2, 0) is 0 Å². The van der Waals surface area contributed by atoms with Crippen LogP contribution in [-0.4, -0.2) is 31.6 Å². The minimum atomic E-state index is 0.950. The third-order valence-corrected chi connectivity index (χ3v) is 3.96. The zero-order chi connectivity index (χ0) is 12.3. The summed E-state index contributed by atoms with van der Waals surface area (Å²) in [4.78, 5) is 2.43. The van der Waals surface area contributed by atoms with Gasteiger partial charge in [0.15, 0.2) is 0 Å². The SMILES string of the molecule is CC1CC1CN(C)CCNc1cccc(Br)c1. The van der Waals surface area contributed by atoms with Gasteiger partial charge in [0.1, 0.15) is 0 Å². The largest absolute Gasteiger partial charge is 0.384 e. The second kappa shape index (κ2) is 5.87. The van der Waals surface area contributed by atoms with Crippen LogP contribution in [0.3, 0.4) is 0 Å². The van der Waals surface area contributed by atoms with Crippen LogP contribution in [0.15, 0.2) is 28.7 Å². The number of hydrogen-bond acceptors (Lipinski definition) is 2. The maximum Gasteiger partial charge on any atom is 0.0351 e.